The second-order valence-corrected chi connectivity index (χ2v) is 5.62. The van der Waals surface area contributed by atoms with Crippen molar-refractivity contribution >= 4 is 23.7 Å². The molecular formula is C12H21N5OS. The normalized spacial score (nSPS) is 18.4. The second kappa shape index (κ2) is 6.79. The van der Waals surface area contributed by atoms with E-state index in [1.165, 1.54) is 12.2 Å². The van der Waals surface area contributed by atoms with Gasteiger partial charge in [-0.2, -0.15) is 26.7 Å². The van der Waals surface area contributed by atoms with E-state index < -0.39 is 0 Å². The quantitative estimate of drug-likeness (QED) is 0.851. The Kier molecular flexibility index (Phi) is 5.07. The lowest BCUT2D eigenvalue weighted by atomic mass is 10.2. The van der Waals surface area contributed by atoms with Crippen molar-refractivity contribution in [3.05, 3.63) is 0 Å². The van der Waals surface area contributed by atoms with E-state index >= 15 is 0 Å². The topological polar surface area (TPSA) is 63.2 Å². The van der Waals surface area contributed by atoms with Crippen molar-refractivity contribution < 1.29 is 4.74 Å². The molecule has 106 valence electrons. The van der Waals surface area contributed by atoms with Crippen molar-refractivity contribution in [3.63, 3.8) is 0 Å². The van der Waals surface area contributed by atoms with Crippen LogP contribution in [0.4, 0.5) is 11.9 Å². The zero-order chi connectivity index (χ0) is 13.7. The number of nitrogens with zero attached hydrogens (tertiary/aromatic N) is 4. The van der Waals surface area contributed by atoms with Gasteiger partial charge in [0.1, 0.15) is 0 Å². The Labute approximate surface area is 118 Å². The number of aromatic nitrogens is 3. The summed E-state index contributed by atoms with van der Waals surface area (Å²) in [5.41, 5.74) is 0. The summed E-state index contributed by atoms with van der Waals surface area (Å²) in [6.45, 7) is 2.68. The molecule has 0 saturated carbocycles. The smallest absolute Gasteiger partial charge is 0.323 e. The molecule has 0 radical (unpaired) electrons. The van der Waals surface area contributed by atoms with E-state index in [1.807, 2.05) is 18.8 Å². The molecule has 1 aromatic heterocycles. The molecule has 1 aliphatic rings. The van der Waals surface area contributed by atoms with E-state index in [1.54, 1.807) is 7.05 Å². The minimum Gasteiger partial charge on any atom is -0.463 e. The first-order valence-electron chi connectivity index (χ1n) is 6.61. The molecule has 1 saturated heterocycles. The third-order valence-electron chi connectivity index (χ3n) is 3.03. The third-order valence-corrected chi connectivity index (χ3v) is 4.18. The molecule has 1 aromatic rings. The van der Waals surface area contributed by atoms with Crippen LogP contribution in [-0.4, -0.2) is 53.2 Å². The lowest BCUT2D eigenvalue weighted by Crippen LogP contribution is -2.33. The Hall–Kier alpha value is -1.24. The first-order valence-corrected chi connectivity index (χ1v) is 7.77. The molecule has 0 aromatic carbocycles. The molecule has 6 nitrogen and oxygen atoms in total. The minimum absolute atomic E-state index is 0.397. The van der Waals surface area contributed by atoms with Crippen LogP contribution in [0.5, 0.6) is 6.01 Å². The SMILES string of the molecule is CCCOc1nc(NC)nc(N(C)C2CCSC2)n1. The van der Waals surface area contributed by atoms with Gasteiger partial charge in [-0.15, -0.1) is 0 Å². The Morgan fingerprint density at radius 1 is 1.42 bits per heavy atom. The van der Waals surface area contributed by atoms with Gasteiger partial charge in [-0.05, 0) is 18.6 Å². The predicted octanol–water partition coefficient (Wildman–Crippen LogP) is 1.64. The van der Waals surface area contributed by atoms with Gasteiger partial charge in [0.25, 0.3) is 0 Å². The molecule has 0 aliphatic carbocycles. The summed E-state index contributed by atoms with van der Waals surface area (Å²) in [5, 5.41) is 2.96. The Morgan fingerprint density at radius 3 is 2.89 bits per heavy atom. The highest BCUT2D eigenvalue weighted by molar-refractivity contribution is 7.99. The molecule has 1 unspecified atom stereocenters. The van der Waals surface area contributed by atoms with Crippen LogP contribution in [0.2, 0.25) is 0 Å². The molecule has 0 amide bonds. The lowest BCUT2D eigenvalue weighted by molar-refractivity contribution is 0.292. The van der Waals surface area contributed by atoms with Crippen molar-refractivity contribution in [2.45, 2.75) is 25.8 Å². The number of hydrogen-bond donors (Lipinski definition) is 1. The van der Waals surface area contributed by atoms with E-state index in [-0.39, 0.29) is 0 Å². The first-order chi connectivity index (χ1) is 9.24. The van der Waals surface area contributed by atoms with Crippen LogP contribution in [0.15, 0.2) is 0 Å². The highest BCUT2D eigenvalue weighted by Gasteiger charge is 2.23. The zero-order valence-corrected chi connectivity index (χ0v) is 12.5. The number of anilines is 2. The van der Waals surface area contributed by atoms with E-state index in [2.05, 4.69) is 32.1 Å². The average molecular weight is 283 g/mol. The third kappa shape index (κ3) is 3.62. The van der Waals surface area contributed by atoms with Gasteiger partial charge in [-0.25, -0.2) is 0 Å². The summed E-state index contributed by atoms with van der Waals surface area (Å²) in [5.74, 6) is 3.56. The minimum atomic E-state index is 0.397. The maximum absolute atomic E-state index is 5.52. The van der Waals surface area contributed by atoms with Gasteiger partial charge in [-0.3, -0.25) is 0 Å². The zero-order valence-electron chi connectivity index (χ0n) is 11.7. The van der Waals surface area contributed by atoms with Crippen molar-refractivity contribution in [3.8, 4) is 6.01 Å². The average Bonchev–Trinajstić information content (AvgIpc) is 2.98. The van der Waals surface area contributed by atoms with Crippen LogP contribution < -0.4 is 15.0 Å². The summed E-state index contributed by atoms with van der Waals surface area (Å²) >= 11 is 1.97. The molecule has 7 heteroatoms. The van der Waals surface area contributed by atoms with Crippen molar-refractivity contribution in [1.82, 2.24) is 15.0 Å². The monoisotopic (exact) mass is 283 g/mol. The van der Waals surface area contributed by atoms with E-state index in [0.29, 0.717) is 30.6 Å². The van der Waals surface area contributed by atoms with Gasteiger partial charge < -0.3 is 15.0 Å². The first kappa shape index (κ1) is 14.2. The van der Waals surface area contributed by atoms with Gasteiger partial charge in [0.15, 0.2) is 0 Å². The van der Waals surface area contributed by atoms with Crippen molar-refractivity contribution in [2.75, 3.05) is 42.4 Å². The van der Waals surface area contributed by atoms with Gasteiger partial charge in [0, 0.05) is 25.9 Å². The highest BCUT2D eigenvalue weighted by atomic mass is 32.2. The molecule has 1 atom stereocenters. The summed E-state index contributed by atoms with van der Waals surface area (Å²) in [4.78, 5) is 15.1. The maximum atomic E-state index is 5.52. The summed E-state index contributed by atoms with van der Waals surface area (Å²) in [6, 6.07) is 0.893. The molecule has 0 bridgehead atoms. The second-order valence-electron chi connectivity index (χ2n) is 4.47. The van der Waals surface area contributed by atoms with Crippen LogP contribution in [0.3, 0.4) is 0 Å². The van der Waals surface area contributed by atoms with Gasteiger partial charge >= 0.3 is 6.01 Å². The Bertz CT molecular complexity index is 411. The molecule has 2 heterocycles. The lowest BCUT2D eigenvalue weighted by Gasteiger charge is -2.24. The fourth-order valence-corrected chi connectivity index (χ4v) is 3.13. The van der Waals surface area contributed by atoms with Crippen LogP contribution in [0.25, 0.3) is 0 Å². The van der Waals surface area contributed by atoms with E-state index in [0.717, 1.165) is 12.2 Å². The fourth-order valence-electron chi connectivity index (χ4n) is 1.86. The highest BCUT2D eigenvalue weighted by Crippen LogP contribution is 2.25. The fraction of sp³-hybridized carbons (Fsp3) is 0.750. The summed E-state index contributed by atoms with van der Waals surface area (Å²) in [7, 11) is 3.84. The van der Waals surface area contributed by atoms with Crippen molar-refractivity contribution in [2.24, 2.45) is 0 Å². The number of rotatable bonds is 6. The molecule has 1 fully saturated rings. The molecule has 0 spiro atoms. The van der Waals surface area contributed by atoms with Crippen LogP contribution in [0.1, 0.15) is 19.8 Å². The summed E-state index contributed by atoms with van der Waals surface area (Å²) in [6.07, 6.45) is 2.11. The number of hydrogen-bond acceptors (Lipinski definition) is 7. The molecular weight excluding hydrogens is 262 g/mol. The standard InChI is InChI=1S/C12H21N5OS/c1-4-6-18-12-15-10(13-2)14-11(16-12)17(3)9-5-7-19-8-9/h9H,4-8H2,1-3H3,(H,13,14,15,16). The molecule has 2 rings (SSSR count). The summed E-state index contributed by atoms with van der Waals surface area (Å²) < 4.78 is 5.52. The Morgan fingerprint density at radius 2 is 2.26 bits per heavy atom. The van der Waals surface area contributed by atoms with Gasteiger partial charge in [-0.1, -0.05) is 6.92 Å². The van der Waals surface area contributed by atoms with Gasteiger partial charge in [0.05, 0.1) is 6.61 Å². The van der Waals surface area contributed by atoms with E-state index in [9.17, 15) is 0 Å². The van der Waals surface area contributed by atoms with E-state index in [4.69, 9.17) is 4.74 Å². The molecule has 19 heavy (non-hydrogen) atoms. The number of ether oxygens (including phenoxy) is 1. The van der Waals surface area contributed by atoms with Gasteiger partial charge in [0.2, 0.25) is 11.9 Å². The number of thioether (sulfide) groups is 1. The van der Waals surface area contributed by atoms with Crippen LogP contribution in [0, 0.1) is 0 Å². The largest absolute Gasteiger partial charge is 0.463 e. The van der Waals surface area contributed by atoms with Crippen LogP contribution in [-0.2, 0) is 0 Å². The number of nitrogens with one attached hydrogen (secondary N) is 1. The van der Waals surface area contributed by atoms with Crippen LogP contribution >= 0.6 is 11.8 Å². The Balaban J connectivity index is 2.17. The molecule has 1 N–H and O–H groups in total. The maximum Gasteiger partial charge on any atom is 0.323 e. The van der Waals surface area contributed by atoms with Crippen molar-refractivity contribution in [1.29, 1.82) is 0 Å². The predicted molar refractivity (Wildman–Crippen MR) is 79.3 cm³/mol. The molecule has 1 aliphatic heterocycles.